The van der Waals surface area contributed by atoms with Crippen LogP contribution in [-0.2, 0) is 0 Å². The summed E-state index contributed by atoms with van der Waals surface area (Å²) < 4.78 is 0.570. The lowest BCUT2D eigenvalue weighted by Gasteiger charge is -2.37. The van der Waals surface area contributed by atoms with Gasteiger partial charge in [-0.1, -0.05) is 33.1 Å². The Labute approximate surface area is 112 Å². The van der Waals surface area contributed by atoms with E-state index < -0.39 is 0 Å². The summed E-state index contributed by atoms with van der Waals surface area (Å²) >= 11 is 2.11. The second-order valence-corrected chi connectivity index (χ2v) is 7.75. The van der Waals surface area contributed by atoms with Crippen molar-refractivity contribution < 1.29 is 0 Å². The number of nitrogens with one attached hydrogen (secondary N) is 1. The van der Waals surface area contributed by atoms with Crippen LogP contribution in [0.1, 0.15) is 58.8 Å². The molecule has 0 saturated heterocycles. The van der Waals surface area contributed by atoms with Gasteiger partial charge < -0.3 is 5.32 Å². The molecule has 2 heteroatoms. The minimum Gasteiger partial charge on any atom is -0.312 e. The minimum absolute atomic E-state index is 0.570. The smallest absolute Gasteiger partial charge is 0.0281 e. The molecule has 1 N–H and O–H groups in total. The van der Waals surface area contributed by atoms with E-state index in [4.69, 9.17) is 0 Å². The molecule has 0 aromatic carbocycles. The lowest BCUT2D eigenvalue weighted by molar-refractivity contribution is 0.224. The van der Waals surface area contributed by atoms with Gasteiger partial charge in [-0.2, -0.15) is 11.8 Å². The first-order valence-electron chi connectivity index (χ1n) is 7.44. The van der Waals surface area contributed by atoms with Crippen molar-refractivity contribution >= 4 is 11.8 Å². The zero-order chi connectivity index (χ0) is 12.3. The van der Waals surface area contributed by atoms with Crippen LogP contribution >= 0.6 is 11.8 Å². The summed E-state index contributed by atoms with van der Waals surface area (Å²) in [6.45, 7) is 6.10. The Morgan fingerprint density at radius 3 is 2.53 bits per heavy atom. The SMILES string of the molecule is CSC1(CNC2CC(C)CCC2C)CCCC1. The number of hydrogen-bond acceptors (Lipinski definition) is 2. The van der Waals surface area contributed by atoms with E-state index in [1.54, 1.807) is 0 Å². The van der Waals surface area contributed by atoms with Crippen LogP contribution in [0.5, 0.6) is 0 Å². The Balaban J connectivity index is 1.83. The van der Waals surface area contributed by atoms with Crippen molar-refractivity contribution in [3.05, 3.63) is 0 Å². The number of thioether (sulfide) groups is 1. The first-order chi connectivity index (χ1) is 8.15. The van der Waals surface area contributed by atoms with Crippen LogP contribution < -0.4 is 5.32 Å². The minimum atomic E-state index is 0.570. The highest BCUT2D eigenvalue weighted by Crippen LogP contribution is 2.40. The summed E-state index contributed by atoms with van der Waals surface area (Å²) in [4.78, 5) is 0. The van der Waals surface area contributed by atoms with E-state index in [1.807, 2.05) is 0 Å². The van der Waals surface area contributed by atoms with Crippen molar-refractivity contribution in [2.45, 2.75) is 69.6 Å². The maximum atomic E-state index is 3.91. The first kappa shape index (κ1) is 13.7. The zero-order valence-electron chi connectivity index (χ0n) is 11.8. The highest BCUT2D eigenvalue weighted by molar-refractivity contribution is 8.00. The molecule has 0 amide bonds. The van der Waals surface area contributed by atoms with Gasteiger partial charge in [0.2, 0.25) is 0 Å². The molecule has 100 valence electrons. The molecule has 0 aliphatic heterocycles. The van der Waals surface area contributed by atoms with E-state index in [2.05, 4.69) is 37.2 Å². The highest BCUT2D eigenvalue weighted by Gasteiger charge is 2.34. The lowest BCUT2D eigenvalue weighted by atomic mass is 9.80. The van der Waals surface area contributed by atoms with Crippen LogP contribution in [0.2, 0.25) is 0 Å². The molecule has 0 spiro atoms. The van der Waals surface area contributed by atoms with Crippen LogP contribution in [0.15, 0.2) is 0 Å². The van der Waals surface area contributed by atoms with Gasteiger partial charge in [0.15, 0.2) is 0 Å². The predicted molar refractivity (Wildman–Crippen MR) is 78.7 cm³/mol. The van der Waals surface area contributed by atoms with Crippen LogP contribution in [0.4, 0.5) is 0 Å². The molecule has 0 bridgehead atoms. The van der Waals surface area contributed by atoms with Crippen LogP contribution in [-0.4, -0.2) is 23.6 Å². The highest BCUT2D eigenvalue weighted by atomic mass is 32.2. The third-order valence-corrected chi connectivity index (χ3v) is 6.51. The summed E-state index contributed by atoms with van der Waals surface area (Å²) in [7, 11) is 0. The van der Waals surface area contributed by atoms with Crippen molar-refractivity contribution in [3.8, 4) is 0 Å². The van der Waals surface area contributed by atoms with Gasteiger partial charge in [0.25, 0.3) is 0 Å². The van der Waals surface area contributed by atoms with E-state index in [-0.39, 0.29) is 0 Å². The van der Waals surface area contributed by atoms with Crippen molar-refractivity contribution in [2.75, 3.05) is 12.8 Å². The Morgan fingerprint density at radius 2 is 1.88 bits per heavy atom. The third-order valence-electron chi connectivity index (χ3n) is 5.09. The average molecular weight is 255 g/mol. The third kappa shape index (κ3) is 3.41. The van der Waals surface area contributed by atoms with Crippen LogP contribution in [0, 0.1) is 11.8 Å². The van der Waals surface area contributed by atoms with E-state index in [0.717, 1.165) is 17.9 Å². The zero-order valence-corrected chi connectivity index (χ0v) is 12.6. The molecule has 0 radical (unpaired) electrons. The molecule has 2 saturated carbocycles. The maximum Gasteiger partial charge on any atom is 0.0281 e. The molecule has 2 aliphatic carbocycles. The van der Waals surface area contributed by atoms with E-state index in [9.17, 15) is 0 Å². The van der Waals surface area contributed by atoms with Gasteiger partial charge in [-0.05, 0) is 43.8 Å². The molecule has 2 fully saturated rings. The molecule has 2 rings (SSSR count). The molecule has 1 nitrogen and oxygen atoms in total. The normalized spacial score (nSPS) is 37.2. The lowest BCUT2D eigenvalue weighted by Crippen LogP contribution is -2.45. The van der Waals surface area contributed by atoms with Crippen molar-refractivity contribution in [1.29, 1.82) is 0 Å². The van der Waals surface area contributed by atoms with E-state index in [0.29, 0.717) is 4.75 Å². The molecule has 2 aliphatic rings. The standard InChI is InChI=1S/C15H29NS/c1-12-6-7-13(2)14(10-12)16-11-15(17-3)8-4-5-9-15/h12-14,16H,4-11H2,1-3H3. The van der Waals surface area contributed by atoms with Gasteiger partial charge in [-0.3, -0.25) is 0 Å². The van der Waals surface area contributed by atoms with Gasteiger partial charge in [0, 0.05) is 17.3 Å². The predicted octanol–water partition coefficient (Wildman–Crippen LogP) is 4.08. The summed E-state index contributed by atoms with van der Waals surface area (Å²) in [5, 5.41) is 3.91. The van der Waals surface area contributed by atoms with Crippen molar-refractivity contribution in [2.24, 2.45) is 11.8 Å². The van der Waals surface area contributed by atoms with Gasteiger partial charge in [0.05, 0.1) is 0 Å². The molecule has 0 aromatic rings. The molecule has 3 unspecified atom stereocenters. The number of rotatable bonds is 4. The molecule has 0 heterocycles. The molecule has 17 heavy (non-hydrogen) atoms. The fourth-order valence-electron chi connectivity index (χ4n) is 3.61. The molecule has 0 aromatic heterocycles. The summed E-state index contributed by atoms with van der Waals surface area (Å²) in [6.07, 6.45) is 12.3. The topological polar surface area (TPSA) is 12.0 Å². The fraction of sp³-hybridized carbons (Fsp3) is 1.00. The Bertz CT molecular complexity index is 235. The molecular formula is C15H29NS. The van der Waals surface area contributed by atoms with Crippen molar-refractivity contribution in [3.63, 3.8) is 0 Å². The van der Waals surface area contributed by atoms with Gasteiger partial charge >= 0.3 is 0 Å². The Kier molecular flexibility index (Phi) is 4.82. The van der Waals surface area contributed by atoms with Gasteiger partial charge in [-0.25, -0.2) is 0 Å². The largest absolute Gasteiger partial charge is 0.312 e. The molecule has 3 atom stereocenters. The second-order valence-electron chi connectivity index (χ2n) is 6.48. The first-order valence-corrected chi connectivity index (χ1v) is 8.66. The van der Waals surface area contributed by atoms with E-state index in [1.165, 1.54) is 51.5 Å². The molecular weight excluding hydrogens is 226 g/mol. The Hall–Kier alpha value is 0.310. The summed E-state index contributed by atoms with van der Waals surface area (Å²) in [6, 6.07) is 0.781. The van der Waals surface area contributed by atoms with Crippen LogP contribution in [0.3, 0.4) is 0 Å². The van der Waals surface area contributed by atoms with E-state index >= 15 is 0 Å². The maximum absolute atomic E-state index is 3.91. The van der Waals surface area contributed by atoms with Gasteiger partial charge in [-0.15, -0.1) is 0 Å². The average Bonchev–Trinajstić information content (AvgIpc) is 2.80. The van der Waals surface area contributed by atoms with Gasteiger partial charge in [0.1, 0.15) is 0 Å². The van der Waals surface area contributed by atoms with Crippen molar-refractivity contribution in [1.82, 2.24) is 5.32 Å². The summed E-state index contributed by atoms with van der Waals surface area (Å²) in [5.74, 6) is 1.81. The van der Waals surface area contributed by atoms with Crippen LogP contribution in [0.25, 0.3) is 0 Å². The summed E-state index contributed by atoms with van der Waals surface area (Å²) in [5.41, 5.74) is 0. The monoisotopic (exact) mass is 255 g/mol. The second kappa shape index (κ2) is 5.97. The Morgan fingerprint density at radius 1 is 1.18 bits per heavy atom. The quantitative estimate of drug-likeness (QED) is 0.812. The fourth-order valence-corrected chi connectivity index (χ4v) is 4.53. The number of hydrogen-bond donors (Lipinski definition) is 1.